The number of hydrogen-bond acceptors (Lipinski definition) is 4. The third kappa shape index (κ3) is 5.47. The van der Waals surface area contributed by atoms with E-state index in [1.807, 2.05) is 22.7 Å². The summed E-state index contributed by atoms with van der Waals surface area (Å²) in [5, 5.41) is 2.18. The van der Waals surface area contributed by atoms with Crippen LogP contribution in [0.1, 0.15) is 100 Å². The molecule has 9 aliphatic rings. The van der Waals surface area contributed by atoms with E-state index in [2.05, 4.69) is 52.9 Å². The number of hydrogen-bond donors (Lipinski definition) is 1. The molecular weight excluding hydrogens is 563 g/mol. The standard InChI is InChI=1S/C20H24S2.C18H27N3/c1-2-19(21-7-1)20-6-4-17(22-20)3-5-18-15-9-13-8-14(11-15)12-16(18)10-13;1-11-4-18-19-16(10-21(18)20-11)2-3-17-14-6-12-5-13(8-14)9-15(17)7-12/h1-2,4,6-7,13-16,18H,3,5,8-12H2;10-15,17,20H,2-9H2,1H3. The molecule has 1 N–H and O–H groups in total. The quantitative estimate of drug-likeness (QED) is 0.287. The molecule has 8 bridgehead atoms. The molecule has 4 heterocycles. The SMILES string of the molecule is CC1Cc2nc(CCC3C4CC5CC(C4)CC3C5)cn2N1.c1csc(-c2ccc(CCC3C4CC5CC(C4)CC3C5)s2)c1. The van der Waals surface area contributed by atoms with Gasteiger partial charge in [-0.3, -0.25) is 4.68 Å². The number of rotatable bonds is 7. The fourth-order valence-electron chi connectivity index (χ4n) is 12.1. The highest BCUT2D eigenvalue weighted by molar-refractivity contribution is 7.21. The summed E-state index contributed by atoms with van der Waals surface area (Å²) in [4.78, 5) is 9.36. The molecule has 3 aromatic heterocycles. The van der Waals surface area contributed by atoms with Crippen molar-refractivity contribution in [2.75, 3.05) is 5.43 Å². The fourth-order valence-corrected chi connectivity index (χ4v) is 14.0. The van der Waals surface area contributed by atoms with E-state index < -0.39 is 0 Å². The van der Waals surface area contributed by atoms with Gasteiger partial charge in [-0.05, 0) is 180 Å². The lowest BCUT2D eigenvalue weighted by Crippen LogP contribution is -2.45. The van der Waals surface area contributed by atoms with Crippen molar-refractivity contribution in [3.05, 3.63) is 52.2 Å². The second kappa shape index (κ2) is 11.3. The van der Waals surface area contributed by atoms with Crippen molar-refractivity contribution in [3.8, 4) is 9.75 Å². The second-order valence-electron chi connectivity index (χ2n) is 16.3. The van der Waals surface area contributed by atoms with E-state index in [0.29, 0.717) is 6.04 Å². The van der Waals surface area contributed by atoms with Crippen LogP contribution in [0.15, 0.2) is 35.8 Å². The lowest BCUT2D eigenvalue weighted by Gasteiger charge is -2.54. The van der Waals surface area contributed by atoms with E-state index >= 15 is 0 Å². The Morgan fingerprint density at radius 1 is 0.744 bits per heavy atom. The van der Waals surface area contributed by atoms with Crippen molar-refractivity contribution < 1.29 is 0 Å². The molecule has 43 heavy (non-hydrogen) atoms. The first-order chi connectivity index (χ1) is 21.1. The highest BCUT2D eigenvalue weighted by Crippen LogP contribution is 2.58. The molecule has 12 rings (SSSR count). The second-order valence-corrected chi connectivity index (χ2v) is 18.4. The largest absolute Gasteiger partial charge is 0.321 e. The third-order valence-electron chi connectivity index (χ3n) is 13.4. The predicted octanol–water partition coefficient (Wildman–Crippen LogP) is 9.86. The zero-order valence-corrected chi connectivity index (χ0v) is 27.8. The lowest BCUT2D eigenvalue weighted by molar-refractivity contribution is -0.0395. The van der Waals surface area contributed by atoms with Gasteiger partial charge in [0.05, 0.1) is 5.69 Å². The number of thiophene rings is 2. The normalized spacial score (nSPS) is 39.5. The van der Waals surface area contributed by atoms with Gasteiger partial charge in [-0.25, -0.2) is 4.98 Å². The molecule has 0 radical (unpaired) electrons. The minimum atomic E-state index is 0.547. The van der Waals surface area contributed by atoms with Crippen molar-refractivity contribution in [1.82, 2.24) is 9.66 Å². The van der Waals surface area contributed by atoms with Crippen molar-refractivity contribution in [2.45, 2.75) is 109 Å². The topological polar surface area (TPSA) is 29.9 Å². The zero-order chi connectivity index (χ0) is 28.5. The molecule has 3 nitrogen and oxygen atoms in total. The molecule has 1 unspecified atom stereocenters. The van der Waals surface area contributed by atoms with E-state index in [1.54, 1.807) is 69.1 Å². The monoisotopic (exact) mass is 613 g/mol. The Balaban J connectivity index is 0.000000121. The van der Waals surface area contributed by atoms with Crippen LogP contribution in [0.4, 0.5) is 0 Å². The van der Waals surface area contributed by atoms with Crippen LogP contribution in [-0.2, 0) is 19.3 Å². The molecule has 8 fully saturated rings. The molecule has 3 aromatic rings. The number of nitrogens with one attached hydrogen (secondary N) is 1. The Hall–Kier alpha value is -1.59. The number of aromatic nitrogens is 2. The Morgan fingerprint density at radius 3 is 1.91 bits per heavy atom. The molecule has 8 saturated carbocycles. The first-order valence-electron chi connectivity index (χ1n) is 18.1. The van der Waals surface area contributed by atoms with E-state index in [1.165, 1.54) is 47.0 Å². The molecule has 0 amide bonds. The van der Waals surface area contributed by atoms with Gasteiger partial charge in [0, 0.05) is 33.3 Å². The highest BCUT2D eigenvalue weighted by Gasteiger charge is 2.48. The molecule has 0 aromatic carbocycles. The molecule has 0 spiro atoms. The molecule has 1 atom stereocenters. The van der Waals surface area contributed by atoms with E-state index in [0.717, 1.165) is 65.6 Å². The summed E-state index contributed by atoms with van der Waals surface area (Å²) in [6.07, 6.45) is 24.3. The van der Waals surface area contributed by atoms with Crippen LogP contribution in [-0.4, -0.2) is 15.7 Å². The first kappa shape index (κ1) is 27.7. The van der Waals surface area contributed by atoms with Crippen LogP contribution in [0.5, 0.6) is 0 Å². The van der Waals surface area contributed by atoms with Crippen LogP contribution < -0.4 is 5.43 Å². The van der Waals surface area contributed by atoms with E-state index in [4.69, 9.17) is 4.98 Å². The summed E-state index contributed by atoms with van der Waals surface area (Å²) < 4.78 is 2.16. The summed E-state index contributed by atoms with van der Waals surface area (Å²) in [7, 11) is 0. The van der Waals surface area contributed by atoms with Gasteiger partial charge < -0.3 is 5.43 Å². The summed E-state index contributed by atoms with van der Waals surface area (Å²) in [5.74, 6) is 12.1. The lowest BCUT2D eigenvalue weighted by atomic mass is 9.51. The number of aryl methyl sites for hydroxylation is 2. The zero-order valence-electron chi connectivity index (χ0n) is 26.1. The smallest absolute Gasteiger partial charge is 0.129 e. The summed E-state index contributed by atoms with van der Waals surface area (Å²) in [5.41, 5.74) is 4.78. The Labute approximate surface area is 267 Å². The third-order valence-corrected chi connectivity index (χ3v) is 15.6. The van der Waals surface area contributed by atoms with Crippen molar-refractivity contribution in [2.24, 2.45) is 59.2 Å². The van der Waals surface area contributed by atoms with Gasteiger partial charge in [0.25, 0.3) is 0 Å². The Morgan fingerprint density at radius 2 is 1.35 bits per heavy atom. The van der Waals surface area contributed by atoms with Crippen molar-refractivity contribution in [1.29, 1.82) is 0 Å². The van der Waals surface area contributed by atoms with Gasteiger partial charge in [0.2, 0.25) is 0 Å². The maximum absolute atomic E-state index is 4.84. The molecule has 230 valence electrons. The maximum atomic E-state index is 4.84. The minimum Gasteiger partial charge on any atom is -0.321 e. The van der Waals surface area contributed by atoms with Gasteiger partial charge in [0.1, 0.15) is 5.82 Å². The van der Waals surface area contributed by atoms with Crippen LogP contribution in [0.2, 0.25) is 0 Å². The first-order valence-corrected chi connectivity index (χ1v) is 19.8. The molecule has 5 heteroatoms. The van der Waals surface area contributed by atoms with Gasteiger partial charge in [0.15, 0.2) is 0 Å². The minimum absolute atomic E-state index is 0.547. The van der Waals surface area contributed by atoms with Crippen molar-refractivity contribution in [3.63, 3.8) is 0 Å². The number of nitrogens with zero attached hydrogens (tertiary/aromatic N) is 2. The average molecular weight is 614 g/mol. The predicted molar refractivity (Wildman–Crippen MR) is 180 cm³/mol. The summed E-state index contributed by atoms with van der Waals surface area (Å²) in [6, 6.07) is 9.68. The molecule has 0 saturated heterocycles. The van der Waals surface area contributed by atoms with Gasteiger partial charge in [-0.1, -0.05) is 6.07 Å². The van der Waals surface area contributed by atoms with E-state index in [-0.39, 0.29) is 0 Å². The van der Waals surface area contributed by atoms with Crippen LogP contribution in [0.3, 0.4) is 0 Å². The fraction of sp³-hybridized carbons (Fsp3) is 0.711. The number of fused-ring (bicyclic) bond motifs is 1. The average Bonchev–Trinajstić information content (AvgIpc) is 3.77. The molecule has 1 aliphatic heterocycles. The summed E-state index contributed by atoms with van der Waals surface area (Å²) in [6.45, 7) is 2.23. The maximum Gasteiger partial charge on any atom is 0.129 e. The van der Waals surface area contributed by atoms with Gasteiger partial charge in [-0.15, -0.1) is 22.7 Å². The molecule has 8 aliphatic carbocycles. The van der Waals surface area contributed by atoms with Gasteiger partial charge in [-0.2, -0.15) is 0 Å². The van der Waals surface area contributed by atoms with Crippen LogP contribution >= 0.6 is 22.7 Å². The van der Waals surface area contributed by atoms with Crippen molar-refractivity contribution >= 4 is 22.7 Å². The Kier molecular flexibility index (Phi) is 7.30. The number of imidazole rings is 1. The highest BCUT2D eigenvalue weighted by atomic mass is 32.1. The van der Waals surface area contributed by atoms with E-state index in [9.17, 15) is 0 Å². The van der Waals surface area contributed by atoms with Gasteiger partial charge >= 0.3 is 0 Å². The summed E-state index contributed by atoms with van der Waals surface area (Å²) >= 11 is 3.89. The van der Waals surface area contributed by atoms with Crippen LogP contribution in [0.25, 0.3) is 9.75 Å². The molecular formula is C38H51N3S2. The Bertz CT molecular complexity index is 1320. The van der Waals surface area contributed by atoms with Crippen LogP contribution in [0, 0.1) is 59.2 Å².